The standard InChI is InChI=1S/C11H18N3O.HI/c1-9-6-10(2)14(7-9)11(15)13-5-4-12(3)8-13;/h4-5,8-10H,6-7H2,1-3H3;1H/q+1;/p-1. The molecular weight excluding hydrogens is 317 g/mol. The molecule has 0 saturated carbocycles. The van der Waals surface area contributed by atoms with E-state index in [0.717, 1.165) is 13.0 Å². The third kappa shape index (κ3) is 2.56. The number of aryl methyl sites for hydroxylation is 1. The van der Waals surface area contributed by atoms with Gasteiger partial charge >= 0.3 is 6.03 Å². The molecule has 1 aromatic heterocycles. The Morgan fingerprint density at radius 2 is 2.12 bits per heavy atom. The van der Waals surface area contributed by atoms with Crippen LogP contribution in [-0.2, 0) is 7.05 Å². The molecule has 1 aromatic rings. The van der Waals surface area contributed by atoms with Gasteiger partial charge in [-0.2, -0.15) is 4.57 Å². The number of nitrogens with zero attached hydrogens (tertiary/aromatic N) is 3. The van der Waals surface area contributed by atoms with Crippen molar-refractivity contribution in [3.05, 3.63) is 18.7 Å². The van der Waals surface area contributed by atoms with Crippen LogP contribution in [0.15, 0.2) is 18.7 Å². The zero-order valence-corrected chi connectivity index (χ0v) is 12.1. The van der Waals surface area contributed by atoms with Crippen LogP contribution in [0.25, 0.3) is 0 Å². The summed E-state index contributed by atoms with van der Waals surface area (Å²) in [6.07, 6.45) is 6.59. The van der Waals surface area contributed by atoms with Crippen LogP contribution in [0.3, 0.4) is 0 Å². The maximum atomic E-state index is 12.1. The number of hydrogen-bond donors (Lipinski definition) is 0. The van der Waals surface area contributed by atoms with Gasteiger partial charge in [-0.3, -0.25) is 0 Å². The van der Waals surface area contributed by atoms with Crippen molar-refractivity contribution < 1.29 is 33.3 Å². The lowest BCUT2D eigenvalue weighted by atomic mass is 10.1. The molecule has 4 nitrogen and oxygen atoms in total. The Kier molecular flexibility index (Phi) is 4.35. The van der Waals surface area contributed by atoms with Gasteiger partial charge in [0.15, 0.2) is 0 Å². The van der Waals surface area contributed by atoms with Crippen molar-refractivity contribution in [1.29, 1.82) is 0 Å². The second-order valence-corrected chi connectivity index (χ2v) is 4.61. The van der Waals surface area contributed by atoms with Crippen LogP contribution in [-0.4, -0.2) is 28.1 Å². The van der Waals surface area contributed by atoms with Crippen LogP contribution < -0.4 is 28.5 Å². The second-order valence-electron chi connectivity index (χ2n) is 4.61. The largest absolute Gasteiger partial charge is 1.00 e. The lowest BCUT2D eigenvalue weighted by Crippen LogP contribution is -3.00. The molecule has 0 spiro atoms. The summed E-state index contributed by atoms with van der Waals surface area (Å²) in [6, 6.07) is 0.452. The van der Waals surface area contributed by atoms with Gasteiger partial charge in [0.05, 0.1) is 7.05 Å². The fourth-order valence-corrected chi connectivity index (χ4v) is 2.28. The number of likely N-dealkylation sites (tertiary alicyclic amines) is 1. The van der Waals surface area contributed by atoms with Crippen LogP contribution in [0.5, 0.6) is 0 Å². The first-order valence-electron chi connectivity index (χ1n) is 5.42. The molecule has 2 heterocycles. The van der Waals surface area contributed by atoms with Crippen LogP contribution in [0.1, 0.15) is 20.3 Å². The summed E-state index contributed by atoms with van der Waals surface area (Å²) in [5, 5.41) is 0. The third-order valence-corrected chi connectivity index (χ3v) is 3.02. The topological polar surface area (TPSA) is 29.1 Å². The zero-order chi connectivity index (χ0) is 11.0. The highest BCUT2D eigenvalue weighted by Crippen LogP contribution is 2.22. The second kappa shape index (κ2) is 5.16. The molecule has 0 aromatic carbocycles. The maximum Gasteiger partial charge on any atom is 0.416 e. The number of amides is 1. The monoisotopic (exact) mass is 335 g/mol. The highest BCUT2D eigenvalue weighted by molar-refractivity contribution is 5.77. The Hall–Kier alpha value is -0.590. The molecule has 1 saturated heterocycles. The van der Waals surface area contributed by atoms with Crippen LogP contribution in [0.2, 0.25) is 0 Å². The predicted octanol–water partition coefficient (Wildman–Crippen LogP) is -1.98. The molecule has 1 aliphatic rings. The van der Waals surface area contributed by atoms with Crippen molar-refractivity contribution in [2.75, 3.05) is 6.54 Å². The maximum absolute atomic E-state index is 12.1. The first-order chi connectivity index (χ1) is 7.08. The molecule has 0 radical (unpaired) electrons. The predicted molar refractivity (Wildman–Crippen MR) is 56.4 cm³/mol. The molecule has 0 aliphatic carbocycles. The Labute approximate surface area is 113 Å². The van der Waals surface area contributed by atoms with Crippen molar-refractivity contribution >= 4 is 6.03 Å². The SMILES string of the molecule is CC1CC(C)N(C(=O)n2cc[n+](C)c2)C1.[I-]. The molecule has 5 heteroatoms. The molecule has 1 fully saturated rings. The van der Waals surface area contributed by atoms with Gasteiger partial charge in [0.1, 0.15) is 12.4 Å². The fourth-order valence-electron chi connectivity index (χ4n) is 2.28. The van der Waals surface area contributed by atoms with Gasteiger partial charge in [0.2, 0.25) is 0 Å². The summed E-state index contributed by atoms with van der Waals surface area (Å²) in [5.74, 6) is 0.619. The molecule has 0 N–H and O–H groups in total. The Balaban J connectivity index is 0.00000128. The molecule has 2 rings (SSSR count). The van der Waals surface area contributed by atoms with E-state index in [1.54, 1.807) is 17.1 Å². The van der Waals surface area contributed by atoms with Crippen LogP contribution in [0.4, 0.5) is 4.79 Å². The van der Waals surface area contributed by atoms with Gasteiger partial charge in [-0.05, 0) is 19.3 Å². The average molecular weight is 335 g/mol. The molecule has 2 unspecified atom stereocenters. The summed E-state index contributed by atoms with van der Waals surface area (Å²) in [5.41, 5.74) is 0. The third-order valence-electron chi connectivity index (χ3n) is 3.02. The minimum absolute atomic E-state index is 0. The van der Waals surface area contributed by atoms with E-state index in [1.807, 2.05) is 22.7 Å². The molecule has 0 bridgehead atoms. The van der Waals surface area contributed by atoms with Gasteiger partial charge in [-0.1, -0.05) is 6.92 Å². The molecule has 1 aliphatic heterocycles. The van der Waals surface area contributed by atoms with Gasteiger partial charge < -0.3 is 28.9 Å². The van der Waals surface area contributed by atoms with E-state index in [2.05, 4.69) is 13.8 Å². The molecule has 2 atom stereocenters. The Morgan fingerprint density at radius 1 is 1.44 bits per heavy atom. The van der Waals surface area contributed by atoms with E-state index >= 15 is 0 Å². The van der Waals surface area contributed by atoms with Crippen molar-refractivity contribution in [1.82, 2.24) is 9.47 Å². The van der Waals surface area contributed by atoms with Crippen LogP contribution in [0, 0.1) is 5.92 Å². The fraction of sp³-hybridized carbons (Fsp3) is 0.636. The lowest BCUT2D eigenvalue weighted by molar-refractivity contribution is -0.670. The van der Waals surface area contributed by atoms with Gasteiger partial charge in [0, 0.05) is 12.6 Å². The summed E-state index contributed by atoms with van der Waals surface area (Å²) in [6.45, 7) is 5.19. The number of imidazole rings is 1. The average Bonchev–Trinajstić information content (AvgIpc) is 2.71. The Bertz CT molecular complexity index is 377. The summed E-state index contributed by atoms with van der Waals surface area (Å²) in [7, 11) is 1.92. The van der Waals surface area contributed by atoms with E-state index in [9.17, 15) is 4.79 Å². The first kappa shape index (κ1) is 13.5. The summed E-state index contributed by atoms with van der Waals surface area (Å²) in [4.78, 5) is 14.0. The van der Waals surface area contributed by atoms with E-state index < -0.39 is 0 Å². The minimum Gasteiger partial charge on any atom is -1.00 e. The Morgan fingerprint density at radius 3 is 2.56 bits per heavy atom. The molecule has 1 amide bonds. The van der Waals surface area contributed by atoms with Crippen molar-refractivity contribution in [3.63, 3.8) is 0 Å². The summed E-state index contributed by atoms with van der Waals surface area (Å²) < 4.78 is 3.52. The van der Waals surface area contributed by atoms with E-state index in [0.29, 0.717) is 12.0 Å². The molecule has 90 valence electrons. The molecule has 16 heavy (non-hydrogen) atoms. The highest BCUT2D eigenvalue weighted by atomic mass is 127. The first-order valence-corrected chi connectivity index (χ1v) is 5.42. The van der Waals surface area contributed by atoms with Gasteiger partial charge in [0.25, 0.3) is 6.33 Å². The van der Waals surface area contributed by atoms with E-state index in [1.165, 1.54) is 0 Å². The molecular formula is C11H18IN3O. The van der Waals surface area contributed by atoms with E-state index in [4.69, 9.17) is 0 Å². The number of rotatable bonds is 0. The normalized spacial score (nSPS) is 24.3. The van der Waals surface area contributed by atoms with E-state index in [-0.39, 0.29) is 30.0 Å². The quantitative estimate of drug-likeness (QED) is 0.399. The number of aromatic nitrogens is 2. The van der Waals surface area contributed by atoms with Gasteiger partial charge in [-0.15, -0.1) is 0 Å². The van der Waals surface area contributed by atoms with Crippen LogP contribution >= 0.6 is 0 Å². The van der Waals surface area contributed by atoms with Crippen molar-refractivity contribution in [3.8, 4) is 0 Å². The minimum atomic E-state index is 0. The number of carbonyl (C=O) groups is 1. The zero-order valence-electron chi connectivity index (χ0n) is 9.93. The smallest absolute Gasteiger partial charge is 0.416 e. The lowest BCUT2D eigenvalue weighted by Gasteiger charge is -2.17. The summed E-state index contributed by atoms with van der Waals surface area (Å²) >= 11 is 0. The number of carbonyl (C=O) groups excluding carboxylic acids is 1. The number of hydrogen-bond acceptors (Lipinski definition) is 1. The number of halogens is 1. The van der Waals surface area contributed by atoms with Crippen molar-refractivity contribution in [2.45, 2.75) is 26.3 Å². The highest BCUT2D eigenvalue weighted by Gasteiger charge is 2.33. The van der Waals surface area contributed by atoms with Gasteiger partial charge in [-0.25, -0.2) is 9.36 Å². The van der Waals surface area contributed by atoms with Crippen molar-refractivity contribution in [2.24, 2.45) is 13.0 Å².